The lowest BCUT2D eigenvalue weighted by Crippen LogP contribution is -2.48. The molecule has 2 aromatic rings. The molecule has 0 bridgehead atoms. The third-order valence-corrected chi connectivity index (χ3v) is 6.43. The number of nitrogens with one attached hydrogen (secondary N) is 1. The molecule has 134 valence electrons. The number of anilines is 2. The van der Waals surface area contributed by atoms with Gasteiger partial charge in [-0.05, 0) is 57.7 Å². The van der Waals surface area contributed by atoms with E-state index >= 15 is 0 Å². The van der Waals surface area contributed by atoms with E-state index in [4.69, 9.17) is 0 Å². The second kappa shape index (κ2) is 8.19. The highest BCUT2D eigenvalue weighted by Crippen LogP contribution is 2.29. The van der Waals surface area contributed by atoms with Crippen molar-refractivity contribution >= 4 is 39.8 Å². The number of hydrogen-bond acceptors (Lipinski definition) is 6. The molecule has 1 saturated heterocycles. The number of aromatic nitrogens is 2. The zero-order chi connectivity index (χ0) is 17.8. The fraction of sp³-hybridized carbons (Fsp3) is 0.500. The highest BCUT2D eigenvalue weighted by Gasteiger charge is 2.28. The second-order valence-corrected chi connectivity index (χ2v) is 8.79. The predicted octanol–water partition coefficient (Wildman–Crippen LogP) is 4.47. The molecule has 1 N–H and O–H groups in total. The van der Waals surface area contributed by atoms with E-state index < -0.39 is 0 Å². The van der Waals surface area contributed by atoms with Crippen LogP contribution in [0.25, 0.3) is 0 Å². The Morgan fingerprint density at radius 2 is 2.08 bits per heavy atom. The van der Waals surface area contributed by atoms with Crippen LogP contribution >= 0.6 is 23.1 Å². The Morgan fingerprint density at radius 1 is 1.32 bits per heavy atom. The fourth-order valence-electron chi connectivity index (χ4n) is 3.28. The van der Waals surface area contributed by atoms with Gasteiger partial charge in [0.15, 0.2) is 4.34 Å². The average Bonchev–Trinajstić information content (AvgIpc) is 3.00. The lowest BCUT2D eigenvalue weighted by molar-refractivity contribution is -0.134. The summed E-state index contributed by atoms with van der Waals surface area (Å²) in [7, 11) is 0. The molecule has 2 atom stereocenters. The summed E-state index contributed by atoms with van der Waals surface area (Å²) in [4.78, 5) is 14.6. The van der Waals surface area contributed by atoms with Crippen LogP contribution in [0, 0.1) is 6.92 Å². The van der Waals surface area contributed by atoms with E-state index in [-0.39, 0.29) is 5.91 Å². The highest BCUT2D eigenvalue weighted by atomic mass is 32.2. The average molecular weight is 377 g/mol. The van der Waals surface area contributed by atoms with Gasteiger partial charge in [0, 0.05) is 17.8 Å². The first-order chi connectivity index (χ1) is 12.0. The normalized spacial score (nSPS) is 20.5. The van der Waals surface area contributed by atoms with Crippen molar-refractivity contribution in [3.05, 3.63) is 29.8 Å². The van der Waals surface area contributed by atoms with Gasteiger partial charge in [-0.3, -0.25) is 4.79 Å². The number of carbonyl (C=O) groups excluding carboxylic acids is 1. The maximum absolute atomic E-state index is 12.6. The zero-order valence-corrected chi connectivity index (χ0v) is 16.5. The highest BCUT2D eigenvalue weighted by molar-refractivity contribution is 8.01. The maximum atomic E-state index is 12.6. The smallest absolute Gasteiger partial charge is 0.233 e. The minimum Gasteiger partial charge on any atom is -0.337 e. The molecular weight excluding hydrogens is 352 g/mol. The molecule has 7 heteroatoms. The van der Waals surface area contributed by atoms with Crippen LogP contribution in [0.1, 0.15) is 38.7 Å². The quantitative estimate of drug-likeness (QED) is 0.780. The predicted molar refractivity (Wildman–Crippen MR) is 105 cm³/mol. The van der Waals surface area contributed by atoms with Crippen molar-refractivity contribution in [3.63, 3.8) is 0 Å². The maximum Gasteiger partial charge on any atom is 0.233 e. The van der Waals surface area contributed by atoms with Crippen molar-refractivity contribution in [2.24, 2.45) is 0 Å². The molecule has 0 aliphatic carbocycles. The van der Waals surface area contributed by atoms with Crippen molar-refractivity contribution in [2.75, 3.05) is 11.1 Å². The number of benzene rings is 1. The first-order valence-corrected chi connectivity index (χ1v) is 10.4. The Morgan fingerprint density at radius 3 is 2.80 bits per heavy atom. The van der Waals surface area contributed by atoms with Gasteiger partial charge in [-0.15, -0.1) is 10.2 Å². The van der Waals surface area contributed by atoms with Crippen molar-refractivity contribution < 1.29 is 4.79 Å². The topological polar surface area (TPSA) is 58.1 Å². The van der Waals surface area contributed by atoms with Gasteiger partial charge in [-0.1, -0.05) is 35.2 Å². The first kappa shape index (κ1) is 18.2. The monoisotopic (exact) mass is 376 g/mol. The molecule has 0 saturated carbocycles. The second-order valence-electron chi connectivity index (χ2n) is 6.59. The lowest BCUT2D eigenvalue weighted by Gasteiger charge is -2.39. The molecule has 1 fully saturated rings. The van der Waals surface area contributed by atoms with Crippen molar-refractivity contribution in [1.82, 2.24) is 15.1 Å². The molecule has 3 rings (SSSR count). The van der Waals surface area contributed by atoms with E-state index in [9.17, 15) is 4.79 Å². The Bertz CT molecular complexity index is 723. The summed E-state index contributed by atoms with van der Waals surface area (Å²) >= 11 is 2.96. The Hall–Kier alpha value is -1.60. The van der Waals surface area contributed by atoms with Crippen molar-refractivity contribution in [1.29, 1.82) is 0 Å². The van der Waals surface area contributed by atoms with E-state index in [1.54, 1.807) is 0 Å². The minimum atomic E-state index is 0.202. The standard InChI is InChI=1S/C18H24N4OS2/c1-12-6-4-9-15(10-12)19-17-20-21-18(25-17)24-11-16(23)22-13(2)7-5-8-14(22)3/h4,6,9-10,13-14H,5,7-8,11H2,1-3H3,(H,19,20). The van der Waals surface area contributed by atoms with E-state index in [0.717, 1.165) is 28.0 Å². The number of amides is 1. The summed E-state index contributed by atoms with van der Waals surface area (Å²) in [6.07, 6.45) is 3.41. The van der Waals surface area contributed by atoms with E-state index in [1.165, 1.54) is 35.1 Å². The number of likely N-dealkylation sites (tertiary alicyclic amines) is 1. The molecule has 0 radical (unpaired) electrons. The molecule has 1 amide bonds. The molecule has 5 nitrogen and oxygen atoms in total. The van der Waals surface area contributed by atoms with Crippen molar-refractivity contribution in [2.45, 2.75) is 56.5 Å². The van der Waals surface area contributed by atoms with Crippen LogP contribution < -0.4 is 5.32 Å². The molecule has 2 unspecified atom stereocenters. The molecule has 2 heterocycles. The van der Waals surface area contributed by atoms with Crippen LogP contribution in [0.3, 0.4) is 0 Å². The van der Waals surface area contributed by atoms with Gasteiger partial charge >= 0.3 is 0 Å². The number of rotatable bonds is 5. The van der Waals surface area contributed by atoms with E-state index in [2.05, 4.69) is 48.4 Å². The fourth-order valence-corrected chi connectivity index (χ4v) is 4.92. The third kappa shape index (κ3) is 4.73. The molecular formula is C18H24N4OS2. The summed E-state index contributed by atoms with van der Waals surface area (Å²) in [6, 6.07) is 8.81. The Balaban J connectivity index is 1.55. The third-order valence-electron chi connectivity index (χ3n) is 4.48. The molecule has 1 aromatic heterocycles. The Labute approximate surface area is 157 Å². The molecule has 1 aromatic carbocycles. The number of aryl methyl sites for hydroxylation is 1. The zero-order valence-electron chi connectivity index (χ0n) is 14.9. The molecule has 1 aliphatic heterocycles. The minimum absolute atomic E-state index is 0.202. The van der Waals surface area contributed by atoms with Crippen molar-refractivity contribution in [3.8, 4) is 0 Å². The van der Waals surface area contributed by atoms with Gasteiger partial charge in [0.05, 0.1) is 5.75 Å². The van der Waals surface area contributed by atoms with Crippen LogP contribution in [-0.2, 0) is 4.79 Å². The van der Waals surface area contributed by atoms with E-state index in [0.29, 0.717) is 17.8 Å². The molecule has 0 spiro atoms. The number of carbonyl (C=O) groups is 1. The van der Waals surface area contributed by atoms with Gasteiger partial charge in [0.25, 0.3) is 0 Å². The summed E-state index contributed by atoms with van der Waals surface area (Å²) in [5.74, 6) is 0.626. The van der Waals surface area contributed by atoms with E-state index in [1.807, 2.05) is 17.0 Å². The van der Waals surface area contributed by atoms with Gasteiger partial charge < -0.3 is 10.2 Å². The Kier molecular flexibility index (Phi) is 5.96. The SMILES string of the molecule is Cc1cccc(Nc2nnc(SCC(=O)N3C(C)CCCC3C)s2)c1. The summed E-state index contributed by atoms with van der Waals surface area (Å²) in [5, 5.41) is 12.4. The number of thioether (sulfide) groups is 1. The van der Waals surface area contributed by atoms with Crippen LogP contribution in [0.15, 0.2) is 28.6 Å². The molecule has 25 heavy (non-hydrogen) atoms. The van der Waals surface area contributed by atoms with Gasteiger partial charge in [-0.2, -0.15) is 0 Å². The largest absolute Gasteiger partial charge is 0.337 e. The van der Waals surface area contributed by atoms with Crippen LogP contribution in [0.5, 0.6) is 0 Å². The lowest BCUT2D eigenvalue weighted by atomic mass is 9.98. The van der Waals surface area contributed by atoms with Gasteiger partial charge in [0.2, 0.25) is 11.0 Å². The summed E-state index contributed by atoms with van der Waals surface area (Å²) in [6.45, 7) is 6.35. The molecule has 1 aliphatic rings. The number of nitrogens with zero attached hydrogens (tertiary/aromatic N) is 3. The van der Waals surface area contributed by atoms with Crippen LogP contribution in [0.4, 0.5) is 10.8 Å². The summed E-state index contributed by atoms with van der Waals surface area (Å²) < 4.78 is 0.820. The number of piperidine rings is 1. The number of hydrogen-bond donors (Lipinski definition) is 1. The van der Waals surface area contributed by atoms with Gasteiger partial charge in [0.1, 0.15) is 0 Å². The van der Waals surface area contributed by atoms with Gasteiger partial charge in [-0.25, -0.2) is 0 Å². The summed E-state index contributed by atoms with van der Waals surface area (Å²) in [5.41, 5.74) is 2.19. The van der Waals surface area contributed by atoms with Crippen LogP contribution in [-0.4, -0.2) is 38.8 Å². The van der Waals surface area contributed by atoms with Crippen LogP contribution in [0.2, 0.25) is 0 Å². The first-order valence-electron chi connectivity index (χ1n) is 8.64.